The van der Waals surface area contributed by atoms with E-state index < -0.39 is 93.8 Å². The maximum atomic E-state index is 15.3. The van der Waals surface area contributed by atoms with Crippen molar-refractivity contribution in [2.45, 2.75) is 75.9 Å². The van der Waals surface area contributed by atoms with Gasteiger partial charge in [-0.1, -0.05) is 43.3 Å². The van der Waals surface area contributed by atoms with Gasteiger partial charge < -0.3 is 14.8 Å². The summed E-state index contributed by atoms with van der Waals surface area (Å²) in [7, 11) is 0. The maximum Gasteiger partial charge on any atom is 0.461 e. The van der Waals surface area contributed by atoms with Gasteiger partial charge in [-0.25, -0.2) is 13.2 Å². The van der Waals surface area contributed by atoms with Crippen molar-refractivity contribution < 1.29 is 71.3 Å². The van der Waals surface area contributed by atoms with Crippen LogP contribution in [0.1, 0.15) is 76.3 Å². The molecular formula is C40H34F13NO3. The van der Waals surface area contributed by atoms with Gasteiger partial charge in [-0.05, 0) is 90.9 Å². The standard InChI is InChI=1S/C40H34F13NO3/c1-3-56-23(2)7-5-4-6-8-24-9-11-25(12-10-24)22-37(27-14-16-34(43)32(20-27)39(49,50)51,28-18-29(41)21-30(19-28)57-40(52,53)36(44)45)54-35(55)26-13-15-33(42)31(17-26)38(46,47)48/h9-21,36H,2-8,22H2,1H3,(H,54,55)/t37-/m0/s1. The molecule has 0 unspecified atom stereocenters. The summed E-state index contributed by atoms with van der Waals surface area (Å²) >= 11 is 0. The smallest absolute Gasteiger partial charge is 0.461 e. The van der Waals surface area contributed by atoms with Crippen LogP contribution >= 0.6 is 0 Å². The van der Waals surface area contributed by atoms with Gasteiger partial charge in [0.2, 0.25) is 0 Å². The summed E-state index contributed by atoms with van der Waals surface area (Å²) in [5.41, 5.74) is -7.94. The first-order chi connectivity index (χ1) is 26.6. The molecule has 0 aliphatic carbocycles. The summed E-state index contributed by atoms with van der Waals surface area (Å²) in [4.78, 5) is 13.9. The second-order valence-corrected chi connectivity index (χ2v) is 12.9. The number of allylic oxidation sites excluding steroid dienone is 1. The molecule has 4 aromatic rings. The molecule has 0 radical (unpaired) electrons. The molecule has 4 nitrogen and oxygen atoms in total. The predicted octanol–water partition coefficient (Wildman–Crippen LogP) is 11.9. The maximum absolute atomic E-state index is 15.3. The van der Waals surface area contributed by atoms with E-state index in [0.717, 1.165) is 18.4 Å². The van der Waals surface area contributed by atoms with Crippen molar-refractivity contribution in [3.63, 3.8) is 0 Å². The van der Waals surface area contributed by atoms with Gasteiger partial charge in [0, 0.05) is 24.5 Å². The molecule has 4 aromatic carbocycles. The number of rotatable bonds is 17. The summed E-state index contributed by atoms with van der Waals surface area (Å²) < 4.78 is 191. The number of carbonyl (C=O) groups excluding carboxylic acids is 1. The molecule has 0 saturated carbocycles. The van der Waals surface area contributed by atoms with Crippen molar-refractivity contribution in [1.29, 1.82) is 0 Å². The monoisotopic (exact) mass is 823 g/mol. The topological polar surface area (TPSA) is 47.6 Å². The number of halogens is 13. The fraction of sp³-hybridized carbons (Fsp3) is 0.325. The summed E-state index contributed by atoms with van der Waals surface area (Å²) in [6.45, 7) is 6.12. The van der Waals surface area contributed by atoms with E-state index in [9.17, 15) is 57.5 Å². The van der Waals surface area contributed by atoms with E-state index >= 15 is 4.39 Å². The van der Waals surface area contributed by atoms with Crippen molar-refractivity contribution in [2.24, 2.45) is 0 Å². The van der Waals surface area contributed by atoms with Crippen LogP contribution in [0.25, 0.3) is 0 Å². The Morgan fingerprint density at radius 2 is 1.32 bits per heavy atom. The van der Waals surface area contributed by atoms with Gasteiger partial charge in [0.15, 0.2) is 0 Å². The summed E-state index contributed by atoms with van der Waals surface area (Å²) in [6.07, 6.45) is -17.7. The zero-order valence-electron chi connectivity index (χ0n) is 29.9. The van der Waals surface area contributed by atoms with Gasteiger partial charge >= 0.3 is 24.9 Å². The fourth-order valence-electron chi connectivity index (χ4n) is 6.02. The predicted molar refractivity (Wildman–Crippen MR) is 182 cm³/mol. The summed E-state index contributed by atoms with van der Waals surface area (Å²) in [5, 5.41) is 2.25. The minimum atomic E-state index is -5.40. The Morgan fingerprint density at radius 1 is 0.719 bits per heavy atom. The molecule has 0 heterocycles. The highest BCUT2D eigenvalue weighted by Crippen LogP contribution is 2.41. The van der Waals surface area contributed by atoms with E-state index in [0.29, 0.717) is 62.0 Å². The van der Waals surface area contributed by atoms with Gasteiger partial charge in [0.1, 0.15) is 23.2 Å². The van der Waals surface area contributed by atoms with Crippen LogP contribution in [0.3, 0.4) is 0 Å². The lowest BCUT2D eigenvalue weighted by Crippen LogP contribution is -2.49. The van der Waals surface area contributed by atoms with Gasteiger partial charge in [-0.2, -0.15) is 43.9 Å². The second kappa shape index (κ2) is 17.9. The van der Waals surface area contributed by atoms with Crippen molar-refractivity contribution in [3.05, 3.63) is 148 Å². The van der Waals surface area contributed by atoms with Crippen molar-refractivity contribution in [2.75, 3.05) is 6.61 Å². The lowest BCUT2D eigenvalue weighted by molar-refractivity contribution is -0.253. The van der Waals surface area contributed by atoms with Gasteiger partial charge in [0.25, 0.3) is 5.91 Å². The Bertz CT molecular complexity index is 2030. The van der Waals surface area contributed by atoms with Crippen LogP contribution in [0.5, 0.6) is 5.75 Å². The Morgan fingerprint density at radius 3 is 1.91 bits per heavy atom. The van der Waals surface area contributed by atoms with Crippen molar-refractivity contribution in [3.8, 4) is 5.75 Å². The SMILES string of the molecule is C=C(CCCCCc1ccc(C[C@@](NC(=O)c2ccc(F)c(C(F)(F)F)c2)(c2cc(F)cc(OC(F)(F)C(F)F)c2)c2ccc(F)c(C(F)(F)F)c2)cc1)OCC. The van der Waals surface area contributed by atoms with Crippen LogP contribution in [0.2, 0.25) is 0 Å². The van der Waals surface area contributed by atoms with Gasteiger partial charge in [-0.3, -0.25) is 4.79 Å². The first-order valence-corrected chi connectivity index (χ1v) is 17.2. The minimum absolute atomic E-state index is 0.0893. The summed E-state index contributed by atoms with van der Waals surface area (Å²) in [6, 6.07) is 9.56. The second-order valence-electron chi connectivity index (χ2n) is 12.9. The first kappa shape index (κ1) is 44.5. The van der Waals surface area contributed by atoms with Crippen molar-refractivity contribution >= 4 is 5.91 Å². The lowest BCUT2D eigenvalue weighted by atomic mass is 9.76. The van der Waals surface area contributed by atoms with Crippen LogP contribution in [0, 0.1) is 17.5 Å². The highest BCUT2D eigenvalue weighted by atomic mass is 19.4. The average molecular weight is 824 g/mol. The molecule has 308 valence electrons. The average Bonchev–Trinajstić information content (AvgIpc) is 3.10. The number of hydrogen-bond acceptors (Lipinski definition) is 3. The van der Waals surface area contributed by atoms with Gasteiger partial charge in [-0.15, -0.1) is 0 Å². The number of amides is 1. The van der Waals surface area contributed by atoms with E-state index in [1.165, 1.54) is 12.1 Å². The molecular weight excluding hydrogens is 789 g/mol. The Labute approximate surface area is 318 Å². The highest BCUT2D eigenvalue weighted by molar-refractivity contribution is 5.95. The molecule has 0 bridgehead atoms. The number of carbonyl (C=O) groups is 1. The molecule has 1 N–H and O–H groups in total. The zero-order chi connectivity index (χ0) is 42.3. The van der Waals surface area contributed by atoms with Crippen LogP contribution in [-0.4, -0.2) is 25.0 Å². The number of unbranched alkanes of at least 4 members (excludes halogenated alkanes) is 2. The molecule has 0 spiro atoms. The Hall–Kier alpha value is -5.22. The fourth-order valence-corrected chi connectivity index (χ4v) is 6.02. The Kier molecular flexibility index (Phi) is 14.0. The Balaban J connectivity index is 1.90. The van der Waals surface area contributed by atoms with Crippen molar-refractivity contribution in [1.82, 2.24) is 5.32 Å². The minimum Gasteiger partial charge on any atom is -0.499 e. The molecule has 0 aliphatic rings. The number of benzene rings is 4. The van der Waals surface area contributed by atoms with Crippen LogP contribution < -0.4 is 10.1 Å². The van der Waals surface area contributed by atoms with E-state index in [4.69, 9.17) is 4.74 Å². The molecule has 0 saturated heterocycles. The third kappa shape index (κ3) is 11.4. The molecule has 1 atom stereocenters. The molecule has 57 heavy (non-hydrogen) atoms. The largest absolute Gasteiger partial charge is 0.499 e. The molecule has 4 rings (SSSR count). The first-order valence-electron chi connectivity index (χ1n) is 17.2. The number of alkyl halides is 10. The highest BCUT2D eigenvalue weighted by Gasteiger charge is 2.46. The molecule has 0 fully saturated rings. The molecule has 0 aliphatic heterocycles. The summed E-state index contributed by atoms with van der Waals surface area (Å²) in [5.74, 6) is -7.29. The van der Waals surface area contributed by atoms with Crippen LogP contribution in [0.4, 0.5) is 57.1 Å². The van der Waals surface area contributed by atoms with Crippen LogP contribution in [0.15, 0.2) is 91.2 Å². The lowest BCUT2D eigenvalue weighted by Gasteiger charge is -2.37. The third-order valence-corrected chi connectivity index (χ3v) is 8.76. The molecule has 1 amide bonds. The van der Waals surface area contributed by atoms with Gasteiger partial charge in [0.05, 0.1) is 29.0 Å². The quantitative estimate of drug-likeness (QED) is 0.0655. The number of hydrogen-bond donors (Lipinski definition) is 1. The van der Waals surface area contributed by atoms with E-state index in [-0.39, 0.29) is 29.8 Å². The molecule has 17 heteroatoms. The normalized spacial score (nSPS) is 13.3. The number of aryl methyl sites for hydroxylation is 1. The number of ether oxygens (including phenoxy) is 2. The zero-order valence-corrected chi connectivity index (χ0v) is 29.9. The molecule has 0 aromatic heterocycles. The third-order valence-electron chi connectivity index (χ3n) is 8.76. The van der Waals surface area contributed by atoms with E-state index in [1.807, 2.05) is 6.92 Å². The van der Waals surface area contributed by atoms with E-state index in [2.05, 4.69) is 16.6 Å². The number of nitrogens with one attached hydrogen (secondary N) is 1. The van der Waals surface area contributed by atoms with Crippen LogP contribution in [-0.2, 0) is 35.5 Å². The van der Waals surface area contributed by atoms with E-state index in [1.54, 1.807) is 12.1 Å².